The van der Waals surface area contributed by atoms with Gasteiger partial charge in [-0.15, -0.1) is 0 Å². The number of fused-ring (bicyclic) bond motifs is 1. The highest BCUT2D eigenvalue weighted by Crippen LogP contribution is 2.33. The summed E-state index contributed by atoms with van der Waals surface area (Å²) in [5.41, 5.74) is 0.622. The number of para-hydroxylation sites is 2. The third-order valence-corrected chi connectivity index (χ3v) is 7.56. The van der Waals surface area contributed by atoms with Crippen LogP contribution >= 0.6 is 0 Å². The summed E-state index contributed by atoms with van der Waals surface area (Å²) in [6, 6.07) is 11.7. The van der Waals surface area contributed by atoms with E-state index in [9.17, 15) is 22.4 Å². The summed E-state index contributed by atoms with van der Waals surface area (Å²) in [4.78, 5) is 28.4. The van der Waals surface area contributed by atoms with E-state index in [4.69, 9.17) is 4.74 Å². The Balaban J connectivity index is 1.47. The zero-order valence-corrected chi connectivity index (χ0v) is 18.4. The molecule has 4 rings (SSSR count). The van der Waals surface area contributed by atoms with Gasteiger partial charge in [0.2, 0.25) is 15.9 Å². The number of hydrogen-bond donors (Lipinski definition) is 0. The Morgan fingerprint density at radius 3 is 2.44 bits per heavy atom. The number of carbonyl (C=O) groups excluding carboxylic acids is 2. The molecule has 8 nitrogen and oxygen atoms in total. The van der Waals surface area contributed by atoms with Crippen LogP contribution < -0.4 is 9.64 Å². The molecule has 2 heterocycles. The topological polar surface area (TPSA) is 87.2 Å². The van der Waals surface area contributed by atoms with E-state index in [1.807, 2.05) is 0 Å². The van der Waals surface area contributed by atoms with Crippen LogP contribution in [-0.2, 0) is 19.6 Å². The van der Waals surface area contributed by atoms with Crippen LogP contribution in [-0.4, -0.2) is 68.3 Å². The molecule has 2 aromatic carbocycles. The van der Waals surface area contributed by atoms with Crippen LogP contribution in [0.5, 0.6) is 5.75 Å². The van der Waals surface area contributed by atoms with Gasteiger partial charge in [0.1, 0.15) is 11.6 Å². The fourth-order valence-electron chi connectivity index (χ4n) is 3.97. The van der Waals surface area contributed by atoms with Crippen molar-refractivity contribution in [3.05, 3.63) is 54.3 Å². The summed E-state index contributed by atoms with van der Waals surface area (Å²) in [6.07, 6.45) is -0.416. The second kappa shape index (κ2) is 8.87. The normalized spacial score (nSPS) is 19.6. The SMILES string of the molecule is CC(=O)N1C[C@H](C(=O)N2CCCN(S(=O)(=O)c3ccc(F)cc3)CC2)Oc2ccccc21. The number of benzene rings is 2. The van der Waals surface area contributed by atoms with Gasteiger partial charge >= 0.3 is 0 Å². The van der Waals surface area contributed by atoms with Gasteiger partial charge in [-0.05, 0) is 42.8 Å². The Morgan fingerprint density at radius 2 is 1.72 bits per heavy atom. The van der Waals surface area contributed by atoms with Crippen molar-refractivity contribution in [1.29, 1.82) is 0 Å². The van der Waals surface area contributed by atoms with E-state index in [0.717, 1.165) is 12.1 Å². The van der Waals surface area contributed by atoms with Crippen LogP contribution in [0.1, 0.15) is 13.3 Å². The smallest absolute Gasteiger partial charge is 0.265 e. The average molecular weight is 462 g/mol. The second-order valence-corrected chi connectivity index (χ2v) is 9.68. The number of rotatable bonds is 3. The molecule has 2 amide bonds. The maximum absolute atomic E-state index is 13.2. The monoisotopic (exact) mass is 461 g/mol. The molecule has 2 aliphatic heterocycles. The van der Waals surface area contributed by atoms with Crippen LogP contribution in [0.15, 0.2) is 53.4 Å². The third-order valence-electron chi connectivity index (χ3n) is 5.65. The zero-order valence-electron chi connectivity index (χ0n) is 17.6. The molecule has 0 aromatic heterocycles. The van der Waals surface area contributed by atoms with Crippen molar-refractivity contribution < 1.29 is 27.1 Å². The highest BCUT2D eigenvalue weighted by molar-refractivity contribution is 7.89. The van der Waals surface area contributed by atoms with Crippen molar-refractivity contribution in [3.8, 4) is 5.75 Å². The molecule has 0 radical (unpaired) electrons. The van der Waals surface area contributed by atoms with Crippen LogP contribution in [0.2, 0.25) is 0 Å². The summed E-state index contributed by atoms with van der Waals surface area (Å²) in [6.45, 7) is 2.46. The van der Waals surface area contributed by atoms with E-state index >= 15 is 0 Å². The van der Waals surface area contributed by atoms with E-state index in [1.54, 1.807) is 29.2 Å². The van der Waals surface area contributed by atoms with E-state index in [0.29, 0.717) is 24.4 Å². The molecule has 32 heavy (non-hydrogen) atoms. The first kappa shape index (κ1) is 22.2. The van der Waals surface area contributed by atoms with Gasteiger partial charge in [-0.1, -0.05) is 12.1 Å². The lowest BCUT2D eigenvalue weighted by atomic mass is 10.1. The minimum Gasteiger partial charge on any atom is -0.476 e. The minimum atomic E-state index is -3.79. The van der Waals surface area contributed by atoms with Gasteiger partial charge in [-0.2, -0.15) is 4.31 Å². The fraction of sp³-hybridized carbons (Fsp3) is 0.364. The molecule has 0 spiro atoms. The van der Waals surface area contributed by atoms with Crippen molar-refractivity contribution in [1.82, 2.24) is 9.21 Å². The number of anilines is 1. The predicted molar refractivity (Wildman–Crippen MR) is 115 cm³/mol. The zero-order chi connectivity index (χ0) is 22.9. The molecular formula is C22H24FN3O5S. The molecule has 0 saturated carbocycles. The summed E-state index contributed by atoms with van der Waals surface area (Å²) in [5.74, 6) is -0.523. The van der Waals surface area contributed by atoms with Crippen molar-refractivity contribution in [3.63, 3.8) is 0 Å². The third kappa shape index (κ3) is 4.33. The first-order valence-electron chi connectivity index (χ1n) is 10.4. The number of nitrogens with zero attached hydrogens (tertiary/aromatic N) is 3. The highest BCUT2D eigenvalue weighted by atomic mass is 32.2. The van der Waals surface area contributed by atoms with E-state index in [1.165, 1.54) is 28.3 Å². The second-order valence-electron chi connectivity index (χ2n) is 7.74. The number of sulfonamides is 1. The lowest BCUT2D eigenvalue weighted by Crippen LogP contribution is -2.52. The van der Waals surface area contributed by atoms with Gasteiger partial charge in [0.05, 0.1) is 17.1 Å². The number of amides is 2. The molecule has 170 valence electrons. The molecule has 0 aliphatic carbocycles. The van der Waals surface area contributed by atoms with E-state index < -0.39 is 21.9 Å². The van der Waals surface area contributed by atoms with Crippen LogP contribution in [0.4, 0.5) is 10.1 Å². The van der Waals surface area contributed by atoms with Gasteiger partial charge in [-0.25, -0.2) is 12.8 Å². The van der Waals surface area contributed by atoms with Crippen LogP contribution in [0.3, 0.4) is 0 Å². The maximum atomic E-state index is 13.2. The molecule has 0 bridgehead atoms. The maximum Gasteiger partial charge on any atom is 0.265 e. The molecule has 0 N–H and O–H groups in total. The highest BCUT2D eigenvalue weighted by Gasteiger charge is 2.36. The molecule has 10 heteroatoms. The van der Waals surface area contributed by atoms with E-state index in [2.05, 4.69) is 0 Å². The Bertz CT molecular complexity index is 1120. The summed E-state index contributed by atoms with van der Waals surface area (Å²) >= 11 is 0. The number of carbonyl (C=O) groups is 2. The Hall–Kier alpha value is -2.98. The van der Waals surface area contributed by atoms with Crippen molar-refractivity contribution >= 4 is 27.5 Å². The van der Waals surface area contributed by atoms with Gasteiger partial charge in [0.25, 0.3) is 5.91 Å². The fourth-order valence-corrected chi connectivity index (χ4v) is 5.44. The predicted octanol–water partition coefficient (Wildman–Crippen LogP) is 1.86. The molecule has 0 unspecified atom stereocenters. The van der Waals surface area contributed by atoms with Crippen LogP contribution in [0.25, 0.3) is 0 Å². The molecule has 1 saturated heterocycles. The Kier molecular flexibility index (Phi) is 6.16. The first-order valence-corrected chi connectivity index (χ1v) is 11.8. The molecule has 2 aromatic rings. The quantitative estimate of drug-likeness (QED) is 0.697. The Morgan fingerprint density at radius 1 is 1.00 bits per heavy atom. The van der Waals surface area contributed by atoms with Gasteiger partial charge in [-0.3, -0.25) is 9.59 Å². The van der Waals surface area contributed by atoms with Crippen molar-refractivity contribution in [2.24, 2.45) is 0 Å². The van der Waals surface area contributed by atoms with Crippen molar-refractivity contribution in [2.45, 2.75) is 24.3 Å². The number of hydrogen-bond acceptors (Lipinski definition) is 5. The standard InChI is InChI=1S/C22H24FN3O5S/c1-16(27)26-15-21(31-20-6-3-2-5-19(20)26)22(28)24-11-4-12-25(14-13-24)32(29,30)18-9-7-17(23)8-10-18/h2-3,5-10,21H,4,11-15H2,1H3/t21-/m1/s1. The Labute approximate surface area is 186 Å². The number of ether oxygens (including phenoxy) is 1. The van der Waals surface area contributed by atoms with Crippen LogP contribution in [0, 0.1) is 5.82 Å². The lowest BCUT2D eigenvalue weighted by molar-refractivity contribution is -0.138. The summed E-state index contributed by atoms with van der Waals surface area (Å²) in [7, 11) is -3.79. The minimum absolute atomic E-state index is 0.0167. The van der Waals surface area contributed by atoms with Gasteiger partial charge < -0.3 is 14.5 Å². The molecule has 1 fully saturated rings. The first-order chi connectivity index (χ1) is 15.3. The van der Waals surface area contributed by atoms with Crippen molar-refractivity contribution in [2.75, 3.05) is 37.6 Å². The largest absolute Gasteiger partial charge is 0.476 e. The van der Waals surface area contributed by atoms with Gasteiger partial charge in [0, 0.05) is 33.1 Å². The molecule has 1 atom stereocenters. The molecular weight excluding hydrogens is 437 g/mol. The van der Waals surface area contributed by atoms with E-state index in [-0.39, 0.29) is 42.9 Å². The summed E-state index contributed by atoms with van der Waals surface area (Å²) < 4.78 is 46.2. The summed E-state index contributed by atoms with van der Waals surface area (Å²) in [5, 5.41) is 0. The number of halogens is 1. The average Bonchev–Trinajstić information content (AvgIpc) is 3.05. The molecule has 2 aliphatic rings. The lowest BCUT2D eigenvalue weighted by Gasteiger charge is -2.35. The van der Waals surface area contributed by atoms with Gasteiger partial charge in [0.15, 0.2) is 6.10 Å².